The minimum Gasteiger partial charge on any atom is -0.467 e. The highest BCUT2D eigenvalue weighted by Crippen LogP contribution is 2.36. The molecule has 1 aromatic rings. The van der Waals surface area contributed by atoms with Crippen LogP contribution >= 0.6 is 0 Å². The van der Waals surface area contributed by atoms with Crippen LogP contribution in [0.3, 0.4) is 0 Å². The van der Waals surface area contributed by atoms with E-state index in [1.54, 1.807) is 0 Å². The van der Waals surface area contributed by atoms with Gasteiger partial charge in [-0.05, 0) is 38.8 Å². The first-order valence-corrected chi connectivity index (χ1v) is 9.31. The SMILES string of the molecule is CC(C)(C(=O)NCc1cc(F)cc2c1OCOC2)S(=O)(=O)C1CC1. The molecule has 1 aromatic carbocycles. The molecule has 1 aliphatic heterocycles. The van der Waals surface area contributed by atoms with Crippen molar-refractivity contribution >= 4 is 15.7 Å². The Morgan fingerprint density at radius 3 is 2.75 bits per heavy atom. The van der Waals surface area contributed by atoms with Gasteiger partial charge >= 0.3 is 0 Å². The third-order valence-electron chi connectivity index (χ3n) is 4.41. The van der Waals surface area contributed by atoms with Gasteiger partial charge in [-0.2, -0.15) is 0 Å². The molecule has 0 atom stereocenters. The Morgan fingerprint density at radius 1 is 1.38 bits per heavy atom. The Morgan fingerprint density at radius 2 is 2.08 bits per heavy atom. The lowest BCUT2D eigenvalue weighted by atomic mass is 10.1. The number of carbonyl (C=O) groups excluding carboxylic acids is 1. The van der Waals surface area contributed by atoms with Crippen molar-refractivity contribution in [3.05, 3.63) is 29.1 Å². The van der Waals surface area contributed by atoms with Crippen molar-refractivity contribution in [3.8, 4) is 5.75 Å². The fourth-order valence-electron chi connectivity index (χ4n) is 2.70. The zero-order chi connectivity index (χ0) is 17.5. The number of nitrogens with one attached hydrogen (secondary N) is 1. The van der Waals surface area contributed by atoms with Gasteiger partial charge in [-0.1, -0.05) is 0 Å². The zero-order valence-electron chi connectivity index (χ0n) is 13.6. The molecule has 1 saturated carbocycles. The van der Waals surface area contributed by atoms with Crippen molar-refractivity contribution in [2.45, 2.75) is 49.8 Å². The molecule has 1 fully saturated rings. The molecule has 6 nitrogen and oxygen atoms in total. The van der Waals surface area contributed by atoms with Gasteiger partial charge in [0.2, 0.25) is 5.91 Å². The average Bonchev–Trinajstić information content (AvgIpc) is 3.37. The van der Waals surface area contributed by atoms with E-state index in [1.807, 2.05) is 0 Å². The minimum atomic E-state index is -3.53. The number of fused-ring (bicyclic) bond motifs is 1. The number of hydrogen-bond donors (Lipinski definition) is 1. The van der Waals surface area contributed by atoms with E-state index < -0.39 is 31.6 Å². The van der Waals surface area contributed by atoms with Crippen LogP contribution < -0.4 is 10.1 Å². The summed E-state index contributed by atoms with van der Waals surface area (Å²) in [7, 11) is -3.53. The summed E-state index contributed by atoms with van der Waals surface area (Å²) >= 11 is 0. The first kappa shape index (κ1) is 17.2. The molecule has 24 heavy (non-hydrogen) atoms. The van der Waals surface area contributed by atoms with Crippen LogP contribution in [0, 0.1) is 5.82 Å². The van der Waals surface area contributed by atoms with Crippen LogP contribution in [-0.2, 0) is 32.5 Å². The molecule has 1 N–H and O–H groups in total. The number of sulfone groups is 1. The maximum Gasteiger partial charge on any atom is 0.241 e. The quantitative estimate of drug-likeness (QED) is 0.867. The van der Waals surface area contributed by atoms with Crippen LogP contribution in [0.2, 0.25) is 0 Å². The molecule has 0 aromatic heterocycles. The molecule has 1 heterocycles. The minimum absolute atomic E-state index is 0.0114. The molecule has 0 radical (unpaired) electrons. The normalized spacial score (nSPS) is 17.8. The van der Waals surface area contributed by atoms with Gasteiger partial charge in [0.25, 0.3) is 0 Å². The third-order valence-corrected chi connectivity index (χ3v) is 7.37. The van der Waals surface area contributed by atoms with Crippen LogP contribution in [0.1, 0.15) is 37.8 Å². The summed E-state index contributed by atoms with van der Waals surface area (Å²) in [5.74, 6) is -0.581. The molecule has 132 valence electrons. The first-order chi connectivity index (χ1) is 11.2. The number of rotatable bonds is 5. The van der Waals surface area contributed by atoms with Crippen molar-refractivity contribution in [1.29, 1.82) is 0 Å². The van der Waals surface area contributed by atoms with E-state index in [1.165, 1.54) is 26.0 Å². The second kappa shape index (κ2) is 6.00. The van der Waals surface area contributed by atoms with Crippen LogP contribution in [-0.4, -0.2) is 31.1 Å². The van der Waals surface area contributed by atoms with E-state index in [9.17, 15) is 17.6 Å². The summed E-state index contributed by atoms with van der Waals surface area (Å²) in [4.78, 5) is 12.4. The Hall–Kier alpha value is -1.67. The third kappa shape index (κ3) is 3.00. The van der Waals surface area contributed by atoms with Gasteiger partial charge in [0.1, 0.15) is 16.3 Å². The molecule has 0 spiro atoms. The maximum atomic E-state index is 13.7. The van der Waals surface area contributed by atoms with Gasteiger partial charge in [-0.3, -0.25) is 4.79 Å². The van der Waals surface area contributed by atoms with Crippen molar-refractivity contribution < 1.29 is 27.1 Å². The van der Waals surface area contributed by atoms with E-state index in [0.29, 0.717) is 29.7 Å². The summed E-state index contributed by atoms with van der Waals surface area (Å²) in [6.45, 7) is 3.09. The van der Waals surface area contributed by atoms with Gasteiger partial charge in [0, 0.05) is 17.7 Å². The van der Waals surface area contributed by atoms with Crippen LogP contribution in [0.4, 0.5) is 4.39 Å². The summed E-state index contributed by atoms with van der Waals surface area (Å²) in [6, 6.07) is 2.59. The van der Waals surface area contributed by atoms with E-state index in [0.717, 1.165) is 0 Å². The smallest absolute Gasteiger partial charge is 0.241 e. The molecular formula is C16H20FNO5S. The molecule has 0 unspecified atom stereocenters. The van der Waals surface area contributed by atoms with Gasteiger partial charge in [0.05, 0.1) is 11.9 Å². The van der Waals surface area contributed by atoms with Crippen molar-refractivity contribution in [2.75, 3.05) is 6.79 Å². The lowest BCUT2D eigenvalue weighted by molar-refractivity contribution is -0.123. The Bertz CT molecular complexity index is 771. The highest BCUT2D eigenvalue weighted by molar-refractivity contribution is 7.94. The van der Waals surface area contributed by atoms with E-state index in [-0.39, 0.29) is 19.9 Å². The fraction of sp³-hybridized carbons (Fsp3) is 0.562. The van der Waals surface area contributed by atoms with Gasteiger partial charge in [-0.15, -0.1) is 0 Å². The second-order valence-corrected chi connectivity index (χ2v) is 9.38. The highest BCUT2D eigenvalue weighted by atomic mass is 32.2. The Balaban J connectivity index is 1.76. The molecule has 8 heteroatoms. The number of halogens is 1. The summed E-state index contributed by atoms with van der Waals surface area (Å²) in [5, 5.41) is 2.17. The first-order valence-electron chi connectivity index (χ1n) is 7.77. The lowest BCUT2D eigenvalue weighted by Crippen LogP contribution is -2.49. The van der Waals surface area contributed by atoms with Crippen molar-refractivity contribution in [3.63, 3.8) is 0 Å². The fourth-order valence-corrected chi connectivity index (χ4v) is 4.62. The predicted molar refractivity (Wildman–Crippen MR) is 84.6 cm³/mol. The monoisotopic (exact) mass is 357 g/mol. The maximum absolute atomic E-state index is 13.7. The number of amides is 1. The zero-order valence-corrected chi connectivity index (χ0v) is 14.4. The van der Waals surface area contributed by atoms with E-state index in [2.05, 4.69) is 5.32 Å². The lowest BCUT2D eigenvalue weighted by Gasteiger charge is -2.25. The summed E-state index contributed by atoms with van der Waals surface area (Å²) in [6.07, 6.45) is 1.20. The predicted octanol–water partition coefficient (Wildman–Crippen LogP) is 1.66. The standard InChI is InChI=1S/C16H20FNO5S/c1-16(2,24(20,21)13-3-4-13)15(19)18-7-10-5-12(17)6-11-8-22-9-23-14(10)11/h5-6,13H,3-4,7-9H2,1-2H3,(H,18,19). The van der Waals surface area contributed by atoms with Gasteiger partial charge in [-0.25, -0.2) is 12.8 Å². The van der Waals surface area contributed by atoms with Gasteiger partial charge < -0.3 is 14.8 Å². The molecular weight excluding hydrogens is 337 g/mol. The largest absolute Gasteiger partial charge is 0.467 e. The number of benzene rings is 1. The van der Waals surface area contributed by atoms with E-state index in [4.69, 9.17) is 9.47 Å². The molecule has 0 saturated heterocycles. The molecule has 1 aliphatic carbocycles. The van der Waals surface area contributed by atoms with Crippen LogP contribution in [0.25, 0.3) is 0 Å². The topological polar surface area (TPSA) is 81.7 Å². The summed E-state index contributed by atoms with van der Waals surface area (Å²) < 4.78 is 47.5. The molecule has 1 amide bonds. The molecule has 2 aliphatic rings. The molecule has 3 rings (SSSR count). The Labute approximate surface area is 140 Å². The average molecular weight is 357 g/mol. The van der Waals surface area contributed by atoms with Crippen LogP contribution in [0.15, 0.2) is 12.1 Å². The van der Waals surface area contributed by atoms with Crippen LogP contribution in [0.5, 0.6) is 5.75 Å². The second-order valence-electron chi connectivity index (χ2n) is 6.60. The van der Waals surface area contributed by atoms with Gasteiger partial charge in [0.15, 0.2) is 16.6 Å². The number of ether oxygens (including phenoxy) is 2. The highest BCUT2D eigenvalue weighted by Gasteiger charge is 2.50. The Kier molecular flexibility index (Phi) is 4.29. The van der Waals surface area contributed by atoms with Crippen molar-refractivity contribution in [2.24, 2.45) is 0 Å². The number of carbonyl (C=O) groups is 1. The number of hydrogen-bond acceptors (Lipinski definition) is 5. The van der Waals surface area contributed by atoms with Crippen molar-refractivity contribution in [1.82, 2.24) is 5.32 Å². The van der Waals surface area contributed by atoms with E-state index >= 15 is 0 Å². The molecule has 0 bridgehead atoms. The summed E-state index contributed by atoms with van der Waals surface area (Å²) in [5.41, 5.74) is 1.02.